The van der Waals surface area contributed by atoms with E-state index in [0.29, 0.717) is 23.1 Å². The van der Waals surface area contributed by atoms with Crippen LogP contribution in [0.15, 0.2) is 47.3 Å². The van der Waals surface area contributed by atoms with Crippen LogP contribution in [0.2, 0.25) is 0 Å². The second-order valence-corrected chi connectivity index (χ2v) is 10.1. The Morgan fingerprint density at radius 2 is 1.64 bits per heavy atom. The maximum Gasteiger partial charge on any atom is 0.262 e. The van der Waals surface area contributed by atoms with Crippen LogP contribution in [0.3, 0.4) is 0 Å². The number of carbonyl (C=O) groups excluding carboxylic acids is 2. The standard InChI is InChI=1S/C29H34N4O3/c1-20-30-27-23(7-6-8-24(27)29(36)33(20)25-15-16-26(34)31-28(25)35)14-13-21-9-11-22(12-10-21)19-32-17-4-2-3-5-18-32/h6-12,25H,2-5,13-19H2,1H3,(H,31,34,35). The minimum Gasteiger partial charge on any atom is -0.299 e. The van der Waals surface area contributed by atoms with Crippen LogP contribution in [0, 0.1) is 6.92 Å². The van der Waals surface area contributed by atoms with Crippen molar-refractivity contribution in [3.05, 3.63) is 75.3 Å². The Kier molecular flexibility index (Phi) is 7.28. The summed E-state index contributed by atoms with van der Waals surface area (Å²) in [6.07, 6.45) is 7.47. The van der Waals surface area contributed by atoms with Gasteiger partial charge in [0.25, 0.3) is 5.56 Å². The molecule has 2 aliphatic rings. The van der Waals surface area contributed by atoms with Crippen molar-refractivity contribution in [3.8, 4) is 0 Å². The second kappa shape index (κ2) is 10.7. The van der Waals surface area contributed by atoms with E-state index in [1.807, 2.05) is 12.1 Å². The number of rotatable bonds is 6. The van der Waals surface area contributed by atoms with Crippen LogP contribution in [0.1, 0.15) is 67.1 Å². The number of para-hydroxylation sites is 1. The highest BCUT2D eigenvalue weighted by Gasteiger charge is 2.30. The number of hydrogen-bond donors (Lipinski definition) is 1. The van der Waals surface area contributed by atoms with Crippen LogP contribution in [-0.2, 0) is 29.0 Å². The highest BCUT2D eigenvalue weighted by molar-refractivity contribution is 5.99. The van der Waals surface area contributed by atoms with E-state index in [2.05, 4.69) is 34.5 Å². The van der Waals surface area contributed by atoms with Crippen molar-refractivity contribution in [2.75, 3.05) is 13.1 Å². The third-order valence-corrected chi connectivity index (χ3v) is 7.52. The maximum atomic E-state index is 13.4. The van der Waals surface area contributed by atoms with Crippen molar-refractivity contribution in [2.45, 2.75) is 70.9 Å². The molecular weight excluding hydrogens is 452 g/mol. The number of nitrogens with one attached hydrogen (secondary N) is 1. The van der Waals surface area contributed by atoms with Crippen molar-refractivity contribution >= 4 is 22.7 Å². The summed E-state index contributed by atoms with van der Waals surface area (Å²) < 4.78 is 1.44. The number of benzene rings is 2. The van der Waals surface area contributed by atoms with E-state index in [9.17, 15) is 14.4 Å². The van der Waals surface area contributed by atoms with Gasteiger partial charge in [-0.15, -0.1) is 0 Å². The lowest BCUT2D eigenvalue weighted by molar-refractivity contribution is -0.135. The normalized spacial score (nSPS) is 19.3. The molecule has 2 saturated heterocycles. The van der Waals surface area contributed by atoms with E-state index >= 15 is 0 Å². The van der Waals surface area contributed by atoms with E-state index < -0.39 is 11.9 Å². The van der Waals surface area contributed by atoms with Crippen LogP contribution in [0.4, 0.5) is 0 Å². The van der Waals surface area contributed by atoms with Gasteiger partial charge in [0.05, 0.1) is 10.9 Å². The van der Waals surface area contributed by atoms with E-state index in [0.717, 1.165) is 24.9 Å². The van der Waals surface area contributed by atoms with Gasteiger partial charge in [0, 0.05) is 13.0 Å². The molecule has 0 aliphatic carbocycles. The maximum absolute atomic E-state index is 13.4. The Labute approximate surface area is 211 Å². The molecule has 188 valence electrons. The summed E-state index contributed by atoms with van der Waals surface area (Å²) in [7, 11) is 0. The van der Waals surface area contributed by atoms with E-state index in [1.165, 1.54) is 54.5 Å². The number of piperidine rings is 1. The van der Waals surface area contributed by atoms with Crippen molar-refractivity contribution < 1.29 is 9.59 Å². The first-order chi connectivity index (χ1) is 17.5. The quantitative estimate of drug-likeness (QED) is 0.535. The molecule has 3 heterocycles. The average molecular weight is 487 g/mol. The third kappa shape index (κ3) is 5.26. The number of fused-ring (bicyclic) bond motifs is 1. The van der Waals surface area contributed by atoms with Crippen LogP contribution in [0.25, 0.3) is 10.9 Å². The molecular formula is C29H34N4O3. The van der Waals surface area contributed by atoms with Gasteiger partial charge in [0.1, 0.15) is 11.9 Å². The fourth-order valence-electron chi connectivity index (χ4n) is 5.53. The molecule has 7 heteroatoms. The molecule has 5 rings (SSSR count). The van der Waals surface area contributed by atoms with Crippen molar-refractivity contribution in [2.24, 2.45) is 0 Å². The zero-order valence-corrected chi connectivity index (χ0v) is 21.0. The number of nitrogens with zero attached hydrogens (tertiary/aromatic N) is 3. The zero-order valence-electron chi connectivity index (χ0n) is 21.0. The predicted molar refractivity (Wildman–Crippen MR) is 140 cm³/mol. The van der Waals surface area contributed by atoms with Crippen LogP contribution in [0.5, 0.6) is 0 Å². The van der Waals surface area contributed by atoms with Gasteiger partial charge in [-0.1, -0.05) is 49.2 Å². The molecule has 1 N–H and O–H groups in total. The van der Waals surface area contributed by atoms with Gasteiger partial charge in [-0.3, -0.25) is 29.2 Å². The summed E-state index contributed by atoms with van der Waals surface area (Å²) in [5, 5.41) is 2.85. The van der Waals surface area contributed by atoms with Crippen LogP contribution >= 0.6 is 0 Å². The van der Waals surface area contributed by atoms with Crippen molar-refractivity contribution in [1.82, 2.24) is 19.8 Å². The molecule has 1 aromatic heterocycles. The largest absolute Gasteiger partial charge is 0.299 e. The molecule has 2 fully saturated rings. The third-order valence-electron chi connectivity index (χ3n) is 7.52. The van der Waals surface area contributed by atoms with Gasteiger partial charge in [-0.25, -0.2) is 4.98 Å². The second-order valence-electron chi connectivity index (χ2n) is 10.1. The Balaban J connectivity index is 1.32. The minimum atomic E-state index is -0.705. The molecule has 1 unspecified atom stereocenters. The lowest BCUT2D eigenvalue weighted by Crippen LogP contribution is -2.45. The average Bonchev–Trinajstić information content (AvgIpc) is 3.14. The molecule has 2 amide bonds. The number of aryl methyl sites for hydroxylation is 3. The highest BCUT2D eigenvalue weighted by Crippen LogP contribution is 2.22. The molecule has 7 nitrogen and oxygen atoms in total. The summed E-state index contributed by atoms with van der Waals surface area (Å²) in [4.78, 5) is 44.6. The fraction of sp³-hybridized carbons (Fsp3) is 0.448. The smallest absolute Gasteiger partial charge is 0.262 e. The van der Waals surface area contributed by atoms with Gasteiger partial charge < -0.3 is 0 Å². The summed E-state index contributed by atoms with van der Waals surface area (Å²) in [6, 6.07) is 13.9. The molecule has 2 aliphatic heterocycles. The topological polar surface area (TPSA) is 84.3 Å². The summed E-state index contributed by atoms with van der Waals surface area (Å²) in [5.41, 5.74) is 4.11. The number of carbonyl (C=O) groups is 2. The first-order valence-electron chi connectivity index (χ1n) is 13.1. The first kappa shape index (κ1) is 24.4. The van der Waals surface area contributed by atoms with Crippen LogP contribution < -0.4 is 10.9 Å². The number of amides is 2. The lowest BCUT2D eigenvalue weighted by atomic mass is 10.0. The number of imide groups is 1. The number of likely N-dealkylation sites (tertiary alicyclic amines) is 1. The SMILES string of the molecule is Cc1nc2c(CCc3ccc(CN4CCCCCC4)cc3)cccc2c(=O)n1C1CCC(=O)NC1=O. The number of aromatic nitrogens is 2. The Bertz CT molecular complexity index is 1320. The zero-order chi connectivity index (χ0) is 25.1. The molecule has 1 atom stereocenters. The predicted octanol–water partition coefficient (Wildman–Crippen LogP) is 3.84. The summed E-state index contributed by atoms with van der Waals surface area (Å²) in [5.74, 6) is -0.242. The van der Waals surface area contributed by atoms with E-state index in [-0.39, 0.29) is 17.9 Å². The molecule has 0 spiro atoms. The van der Waals surface area contributed by atoms with Gasteiger partial charge in [-0.2, -0.15) is 0 Å². The highest BCUT2D eigenvalue weighted by atomic mass is 16.2. The monoisotopic (exact) mass is 486 g/mol. The van der Waals surface area contributed by atoms with Gasteiger partial charge in [-0.05, 0) is 74.9 Å². The van der Waals surface area contributed by atoms with Gasteiger partial charge >= 0.3 is 0 Å². The Morgan fingerprint density at radius 1 is 0.917 bits per heavy atom. The van der Waals surface area contributed by atoms with Crippen molar-refractivity contribution in [3.63, 3.8) is 0 Å². The molecule has 2 aromatic carbocycles. The molecule has 3 aromatic rings. The van der Waals surface area contributed by atoms with Gasteiger partial charge in [0.2, 0.25) is 11.8 Å². The minimum absolute atomic E-state index is 0.219. The Morgan fingerprint density at radius 3 is 2.36 bits per heavy atom. The van der Waals surface area contributed by atoms with E-state index in [1.54, 1.807) is 13.0 Å². The van der Waals surface area contributed by atoms with Crippen molar-refractivity contribution in [1.29, 1.82) is 0 Å². The lowest BCUT2D eigenvalue weighted by Gasteiger charge is -2.24. The Hall–Kier alpha value is -3.32. The first-order valence-corrected chi connectivity index (χ1v) is 13.1. The fourth-order valence-corrected chi connectivity index (χ4v) is 5.53. The molecule has 36 heavy (non-hydrogen) atoms. The molecule has 0 saturated carbocycles. The summed E-state index contributed by atoms with van der Waals surface area (Å²) in [6.45, 7) is 5.16. The van der Waals surface area contributed by atoms with Gasteiger partial charge in [0.15, 0.2) is 0 Å². The summed E-state index contributed by atoms with van der Waals surface area (Å²) >= 11 is 0. The van der Waals surface area contributed by atoms with Crippen LogP contribution in [-0.4, -0.2) is 39.4 Å². The molecule has 0 bridgehead atoms. The molecule has 0 radical (unpaired) electrons. The number of hydrogen-bond acceptors (Lipinski definition) is 5. The van der Waals surface area contributed by atoms with E-state index in [4.69, 9.17) is 4.98 Å².